The van der Waals surface area contributed by atoms with Crippen molar-refractivity contribution in [3.63, 3.8) is 0 Å². The van der Waals surface area contributed by atoms with Gasteiger partial charge in [0.2, 0.25) is 18.4 Å². The van der Waals surface area contributed by atoms with Crippen molar-refractivity contribution in [3.8, 4) is 11.5 Å². The molecule has 23 nitrogen and oxygen atoms in total. The fraction of sp³-hybridized carbons (Fsp3) is 0.351. The van der Waals surface area contributed by atoms with Crippen LogP contribution in [0.4, 0.5) is 11.8 Å². The Labute approximate surface area is 466 Å². The number of methoxy groups -OCH3 is 2. The molecule has 2 amide bonds. The molecule has 2 aliphatic rings. The number of aromatic amines is 1. The van der Waals surface area contributed by atoms with Gasteiger partial charge in [0, 0.05) is 23.8 Å². The van der Waals surface area contributed by atoms with Crippen molar-refractivity contribution in [2.45, 2.75) is 70.4 Å². The summed E-state index contributed by atoms with van der Waals surface area (Å²) in [6, 6.07) is 32.8. The van der Waals surface area contributed by atoms with Gasteiger partial charge in [-0.3, -0.25) is 42.9 Å². The number of ether oxygens (including phenoxy) is 5. The molecule has 420 valence electrons. The van der Waals surface area contributed by atoms with Crippen LogP contribution in [0.2, 0.25) is 0 Å². The fourth-order valence-electron chi connectivity index (χ4n) is 10.1. The first-order valence-electron chi connectivity index (χ1n) is 26.3. The van der Waals surface area contributed by atoms with Crippen molar-refractivity contribution < 1.29 is 46.9 Å². The molecule has 0 aliphatic carbocycles. The molecule has 0 radical (unpaired) electrons. The highest BCUT2D eigenvalue weighted by Crippen LogP contribution is 2.50. The first-order chi connectivity index (χ1) is 39.2. The Bertz CT molecular complexity index is 3600. The van der Waals surface area contributed by atoms with Crippen LogP contribution in [0.25, 0.3) is 27.2 Å². The first-order valence-corrected chi connectivity index (χ1v) is 27.9. The number of amides is 2. The maximum absolute atomic E-state index is 15.5. The SMILES string of the molecule is [C-]#[N+]CCOP(=O)(NC1CC(n2cnc3c(NC(=O)c4ccccc4)ncnc32)OC1COC(c1ccccc1)(c1ccc(OC)cc1)c1ccc(OC)cc1)OCC1OC(n2cnc3c(=O)[nH]c(NC(=O)C(C)C)nc32)C(C)C1C. The second-order valence-corrected chi connectivity index (χ2v) is 21.7. The third-order valence-corrected chi connectivity index (χ3v) is 16.3. The summed E-state index contributed by atoms with van der Waals surface area (Å²) >= 11 is 0. The molecule has 6 heterocycles. The lowest BCUT2D eigenvalue weighted by molar-refractivity contribution is -0.118. The number of benzene rings is 4. The van der Waals surface area contributed by atoms with Gasteiger partial charge in [0.15, 0.2) is 28.1 Å². The molecule has 0 bridgehead atoms. The molecule has 8 unspecified atom stereocenters. The molecule has 24 heteroatoms. The molecule has 2 aliphatic heterocycles. The Hall–Kier alpha value is -8.20. The van der Waals surface area contributed by atoms with E-state index in [0.717, 1.165) is 16.7 Å². The van der Waals surface area contributed by atoms with E-state index in [0.29, 0.717) is 28.2 Å². The molecular weight excluding hydrogens is 1060 g/mol. The van der Waals surface area contributed by atoms with E-state index in [1.54, 1.807) is 67.8 Å². The molecular formula is C57H61N12O11P. The third-order valence-electron chi connectivity index (χ3n) is 14.7. The highest BCUT2D eigenvalue weighted by molar-refractivity contribution is 7.51. The van der Waals surface area contributed by atoms with Gasteiger partial charge in [-0.05, 0) is 59.0 Å². The van der Waals surface area contributed by atoms with Gasteiger partial charge in [0.1, 0.15) is 42.5 Å². The fourth-order valence-corrected chi connectivity index (χ4v) is 11.6. The average Bonchev–Trinajstić information content (AvgIpc) is 4.35. The van der Waals surface area contributed by atoms with E-state index in [1.165, 1.54) is 12.7 Å². The van der Waals surface area contributed by atoms with Gasteiger partial charge in [-0.15, -0.1) is 0 Å². The summed E-state index contributed by atoms with van der Waals surface area (Å²) < 4.78 is 63.5. The van der Waals surface area contributed by atoms with Crippen LogP contribution in [0.5, 0.6) is 11.5 Å². The summed E-state index contributed by atoms with van der Waals surface area (Å²) in [5.74, 6) is -0.0808. The summed E-state index contributed by atoms with van der Waals surface area (Å²) in [6.45, 7) is 14.2. The molecule has 4 aromatic carbocycles. The van der Waals surface area contributed by atoms with Crippen LogP contribution in [0.15, 0.2) is 133 Å². The van der Waals surface area contributed by atoms with E-state index >= 15 is 4.57 Å². The zero-order valence-corrected chi connectivity index (χ0v) is 46.2. The summed E-state index contributed by atoms with van der Waals surface area (Å²) in [5, 5.41) is 8.74. The Morgan fingerprint density at radius 1 is 0.778 bits per heavy atom. The van der Waals surface area contributed by atoms with Gasteiger partial charge in [0.05, 0.1) is 58.3 Å². The molecule has 4 aromatic heterocycles. The Kier molecular flexibility index (Phi) is 16.8. The highest BCUT2D eigenvalue weighted by atomic mass is 31.2. The molecule has 0 saturated carbocycles. The Morgan fingerprint density at radius 2 is 1.42 bits per heavy atom. The topological polar surface area (TPSA) is 263 Å². The molecule has 2 saturated heterocycles. The lowest BCUT2D eigenvalue weighted by atomic mass is 9.80. The van der Waals surface area contributed by atoms with Gasteiger partial charge in [0.25, 0.3) is 11.5 Å². The van der Waals surface area contributed by atoms with E-state index in [1.807, 2.05) is 98.8 Å². The van der Waals surface area contributed by atoms with Crippen molar-refractivity contribution in [2.24, 2.45) is 17.8 Å². The van der Waals surface area contributed by atoms with Crippen LogP contribution in [-0.2, 0) is 38.2 Å². The van der Waals surface area contributed by atoms with Crippen LogP contribution in [0.3, 0.4) is 0 Å². The molecule has 10 rings (SSSR count). The van der Waals surface area contributed by atoms with Crippen molar-refractivity contribution in [1.82, 2.24) is 44.1 Å². The molecule has 0 spiro atoms. The number of fused-ring (bicyclic) bond motifs is 2. The maximum Gasteiger partial charge on any atom is 0.406 e. The predicted octanol–water partition coefficient (Wildman–Crippen LogP) is 8.31. The van der Waals surface area contributed by atoms with Crippen LogP contribution in [-0.4, -0.2) is 110 Å². The average molecular weight is 1120 g/mol. The minimum absolute atomic E-state index is 0.0317. The van der Waals surface area contributed by atoms with Crippen molar-refractivity contribution in [1.29, 1.82) is 0 Å². The number of nitrogens with zero attached hydrogens (tertiary/aromatic N) is 8. The van der Waals surface area contributed by atoms with E-state index < -0.39 is 49.6 Å². The number of hydrogen-bond donors (Lipinski definition) is 4. The quantitative estimate of drug-likeness (QED) is 0.0215. The normalized spacial score (nSPS) is 20.7. The third kappa shape index (κ3) is 11.7. The van der Waals surface area contributed by atoms with Gasteiger partial charge >= 0.3 is 7.75 Å². The van der Waals surface area contributed by atoms with E-state index in [9.17, 15) is 14.4 Å². The van der Waals surface area contributed by atoms with Crippen LogP contribution >= 0.6 is 7.75 Å². The molecule has 8 aromatic rings. The highest BCUT2D eigenvalue weighted by Gasteiger charge is 2.47. The van der Waals surface area contributed by atoms with Crippen molar-refractivity contribution in [2.75, 3.05) is 51.2 Å². The minimum atomic E-state index is -4.40. The standard InChI is InChI=1S/C57H61N12O11P/c1-34(2)52(70)65-56-64-51-48(54(72)66-56)62-33-69(51)55-36(4)35(3)44(80-55)30-78-81(73,77-27-26-58-5)67-43-28-46(68-32-61-47-49(59-31-60-50(47)68)63-53(71)37-14-10-8-11-15-37)79-45(43)29-76-57(38-16-12-9-13-17-38,39-18-22-41(74-6)23-19-39)40-20-24-42(75-7)25-21-40/h8-25,31-36,43-46,55H,26-30H2,1-4,6-7H3,(H,67,73)(H,59,60,63,71)(H2,64,65,66,70,72). The van der Waals surface area contributed by atoms with E-state index in [-0.39, 0.29) is 85.3 Å². The second kappa shape index (κ2) is 24.3. The minimum Gasteiger partial charge on any atom is -0.497 e. The number of anilines is 2. The predicted molar refractivity (Wildman–Crippen MR) is 298 cm³/mol. The van der Waals surface area contributed by atoms with Crippen molar-refractivity contribution >= 4 is 53.7 Å². The zero-order chi connectivity index (χ0) is 56.8. The van der Waals surface area contributed by atoms with Crippen LogP contribution < -0.4 is 30.8 Å². The zero-order valence-electron chi connectivity index (χ0n) is 45.3. The molecule has 8 atom stereocenters. The summed E-state index contributed by atoms with van der Waals surface area (Å²) in [7, 11) is -1.20. The number of nitrogens with one attached hydrogen (secondary N) is 4. The number of aromatic nitrogens is 8. The smallest absolute Gasteiger partial charge is 0.406 e. The number of carbonyl (C=O) groups is 2. The number of carbonyl (C=O) groups excluding carboxylic acids is 2. The van der Waals surface area contributed by atoms with Gasteiger partial charge in [-0.1, -0.05) is 100 Å². The van der Waals surface area contributed by atoms with Crippen LogP contribution in [0, 0.1) is 24.3 Å². The summed E-state index contributed by atoms with van der Waals surface area (Å²) in [5.41, 5.74) is 1.82. The van der Waals surface area contributed by atoms with Crippen molar-refractivity contribution in [3.05, 3.63) is 172 Å². The number of H-pyrrole nitrogens is 1. The van der Waals surface area contributed by atoms with Gasteiger partial charge < -0.3 is 33.8 Å². The number of imidazole rings is 2. The van der Waals surface area contributed by atoms with Crippen LogP contribution in [0.1, 0.15) is 73.6 Å². The van der Waals surface area contributed by atoms with Gasteiger partial charge in [-0.2, -0.15) is 4.98 Å². The first kappa shape index (κ1) is 56.1. The lowest BCUT2D eigenvalue weighted by Gasteiger charge is -2.37. The second-order valence-electron chi connectivity index (χ2n) is 20.0. The van der Waals surface area contributed by atoms with E-state index in [4.69, 9.17) is 39.3 Å². The number of rotatable bonds is 22. The van der Waals surface area contributed by atoms with Gasteiger partial charge in [-0.25, -0.2) is 36.2 Å². The summed E-state index contributed by atoms with van der Waals surface area (Å²) in [6.07, 6.45) is 1.35. The van der Waals surface area contributed by atoms with E-state index in [2.05, 4.69) is 50.5 Å². The largest absolute Gasteiger partial charge is 0.497 e. The molecule has 4 N–H and O–H groups in total. The monoisotopic (exact) mass is 1120 g/mol. The molecule has 81 heavy (non-hydrogen) atoms. The lowest BCUT2D eigenvalue weighted by Crippen LogP contribution is -2.42. The summed E-state index contributed by atoms with van der Waals surface area (Å²) in [4.78, 5) is 67.6. The molecule has 2 fully saturated rings. The Balaban J connectivity index is 0.981. The number of hydrogen-bond acceptors (Lipinski definition) is 16. The maximum atomic E-state index is 15.5. The Morgan fingerprint density at radius 3 is 2.07 bits per heavy atom.